The summed E-state index contributed by atoms with van der Waals surface area (Å²) in [5.74, 6) is -0.496. The van der Waals surface area contributed by atoms with Gasteiger partial charge in [-0.25, -0.2) is 0 Å². The minimum atomic E-state index is -0.496. The molecule has 1 aliphatic carbocycles. The molecule has 0 spiro atoms. The van der Waals surface area contributed by atoms with E-state index in [-0.39, 0.29) is 13.0 Å². The quantitative estimate of drug-likeness (QED) is 0.522. The Morgan fingerprint density at radius 3 is 3.12 bits per heavy atom. The predicted molar refractivity (Wildman–Crippen MR) is 63.1 cm³/mol. The summed E-state index contributed by atoms with van der Waals surface area (Å²) in [4.78, 5) is 10.8. The molecule has 0 unspecified atom stereocenters. The molecule has 92 valence electrons. The van der Waals surface area contributed by atoms with Crippen molar-refractivity contribution in [2.24, 2.45) is 0 Å². The molecule has 0 radical (unpaired) electrons. The van der Waals surface area contributed by atoms with Crippen molar-refractivity contribution in [3.05, 3.63) is 23.8 Å². The average molecular weight is 235 g/mol. The number of esters is 1. The summed E-state index contributed by atoms with van der Waals surface area (Å²) in [5, 5.41) is 8.23. The van der Waals surface area contributed by atoms with Gasteiger partial charge >= 0.3 is 5.97 Å². The molecule has 0 fully saturated rings. The standard InChI is InChI=1S/C13H17NO3/c14-8-6-13(15)17-11-10-16-9-7-12-4-2-1-3-5-12/h2,4,7H,1,3,5-6,9-11H2. The first-order valence-electron chi connectivity index (χ1n) is 5.79. The molecule has 0 atom stereocenters. The molecule has 0 aromatic carbocycles. The fourth-order valence-electron chi connectivity index (χ4n) is 1.49. The van der Waals surface area contributed by atoms with Gasteiger partial charge < -0.3 is 9.47 Å². The number of carbonyl (C=O) groups is 1. The second kappa shape index (κ2) is 8.54. The van der Waals surface area contributed by atoms with E-state index in [1.807, 2.05) is 6.08 Å². The Balaban J connectivity index is 2.01. The van der Waals surface area contributed by atoms with E-state index >= 15 is 0 Å². The van der Waals surface area contributed by atoms with Gasteiger partial charge in [-0.15, -0.1) is 0 Å². The maximum absolute atomic E-state index is 10.8. The lowest BCUT2D eigenvalue weighted by atomic mass is 10.0. The van der Waals surface area contributed by atoms with Crippen molar-refractivity contribution in [3.63, 3.8) is 0 Å². The average Bonchev–Trinajstić information content (AvgIpc) is 2.35. The number of hydrogen-bond acceptors (Lipinski definition) is 4. The van der Waals surface area contributed by atoms with Crippen LogP contribution in [0, 0.1) is 11.3 Å². The van der Waals surface area contributed by atoms with Gasteiger partial charge in [0.1, 0.15) is 13.0 Å². The lowest BCUT2D eigenvalue weighted by Gasteiger charge is -2.07. The molecule has 0 saturated heterocycles. The van der Waals surface area contributed by atoms with E-state index in [0.717, 1.165) is 12.8 Å². The Morgan fingerprint density at radius 2 is 2.41 bits per heavy atom. The summed E-state index contributed by atoms with van der Waals surface area (Å²) in [6, 6.07) is 1.73. The summed E-state index contributed by atoms with van der Waals surface area (Å²) < 4.78 is 10.0. The summed E-state index contributed by atoms with van der Waals surface area (Å²) in [5.41, 5.74) is 1.30. The lowest BCUT2D eigenvalue weighted by molar-refractivity contribution is -0.143. The van der Waals surface area contributed by atoms with Crippen molar-refractivity contribution in [2.45, 2.75) is 25.7 Å². The summed E-state index contributed by atoms with van der Waals surface area (Å²) in [6.07, 6.45) is 9.61. The second-order valence-electron chi connectivity index (χ2n) is 3.70. The monoisotopic (exact) mass is 235 g/mol. The van der Waals surface area contributed by atoms with Crippen molar-refractivity contribution in [2.75, 3.05) is 19.8 Å². The highest BCUT2D eigenvalue weighted by molar-refractivity contribution is 5.71. The molecule has 1 rings (SSSR count). The molecule has 4 heteroatoms. The van der Waals surface area contributed by atoms with Gasteiger partial charge in [0.15, 0.2) is 0 Å². The highest BCUT2D eigenvalue weighted by Crippen LogP contribution is 2.15. The Kier molecular flexibility index (Phi) is 6.76. The number of rotatable bonds is 6. The zero-order valence-electron chi connectivity index (χ0n) is 9.85. The SMILES string of the molecule is N#CCC(=O)OCCOCC=C1C=CCCC1. The molecule has 0 saturated carbocycles. The second-order valence-corrected chi connectivity index (χ2v) is 3.70. The van der Waals surface area contributed by atoms with Crippen molar-refractivity contribution in [1.29, 1.82) is 5.26 Å². The maximum atomic E-state index is 10.8. The summed E-state index contributed by atoms with van der Waals surface area (Å²) in [6.45, 7) is 1.11. The number of carbonyl (C=O) groups excluding carboxylic acids is 1. The van der Waals surface area contributed by atoms with Crippen LogP contribution in [-0.2, 0) is 14.3 Å². The topological polar surface area (TPSA) is 59.3 Å². The molecule has 0 amide bonds. The summed E-state index contributed by atoms with van der Waals surface area (Å²) >= 11 is 0. The van der Waals surface area contributed by atoms with Crippen LogP contribution in [0.25, 0.3) is 0 Å². The van der Waals surface area contributed by atoms with Crippen molar-refractivity contribution in [1.82, 2.24) is 0 Å². The van der Waals surface area contributed by atoms with Crippen molar-refractivity contribution in [3.8, 4) is 6.07 Å². The minimum absolute atomic E-state index is 0.200. The molecule has 4 nitrogen and oxygen atoms in total. The fraction of sp³-hybridized carbons (Fsp3) is 0.538. The van der Waals surface area contributed by atoms with Crippen LogP contribution in [0.2, 0.25) is 0 Å². The van der Waals surface area contributed by atoms with E-state index in [0.29, 0.717) is 13.2 Å². The maximum Gasteiger partial charge on any atom is 0.320 e. The van der Waals surface area contributed by atoms with Gasteiger partial charge in [-0.3, -0.25) is 4.79 Å². The van der Waals surface area contributed by atoms with Gasteiger partial charge in [0.05, 0.1) is 19.3 Å². The number of nitrogens with zero attached hydrogens (tertiary/aromatic N) is 1. The Hall–Kier alpha value is -1.60. The molecule has 0 bridgehead atoms. The van der Waals surface area contributed by atoms with E-state index in [1.54, 1.807) is 6.07 Å². The van der Waals surface area contributed by atoms with E-state index in [2.05, 4.69) is 12.2 Å². The largest absolute Gasteiger partial charge is 0.462 e. The third kappa shape index (κ3) is 6.54. The molecule has 0 N–H and O–H groups in total. The van der Waals surface area contributed by atoms with Gasteiger partial charge in [0, 0.05) is 0 Å². The third-order valence-corrected chi connectivity index (χ3v) is 2.35. The molecule has 17 heavy (non-hydrogen) atoms. The number of hydrogen-bond donors (Lipinski definition) is 0. The molecule has 0 aromatic rings. The third-order valence-electron chi connectivity index (χ3n) is 2.35. The fourth-order valence-corrected chi connectivity index (χ4v) is 1.49. The van der Waals surface area contributed by atoms with Gasteiger partial charge in [-0.1, -0.05) is 23.8 Å². The van der Waals surface area contributed by atoms with Crippen LogP contribution in [-0.4, -0.2) is 25.8 Å². The first-order chi connectivity index (χ1) is 8.33. The van der Waals surface area contributed by atoms with Crippen LogP contribution in [0.1, 0.15) is 25.7 Å². The van der Waals surface area contributed by atoms with Crippen molar-refractivity contribution >= 4 is 5.97 Å². The van der Waals surface area contributed by atoms with E-state index in [9.17, 15) is 4.79 Å². The first-order valence-corrected chi connectivity index (χ1v) is 5.79. The molecular weight excluding hydrogens is 218 g/mol. The van der Waals surface area contributed by atoms with Gasteiger partial charge in [-0.05, 0) is 19.3 Å². The number of nitriles is 1. The smallest absolute Gasteiger partial charge is 0.320 e. The molecule has 1 aliphatic rings. The Bertz CT molecular complexity index is 339. The van der Waals surface area contributed by atoms with Crippen LogP contribution < -0.4 is 0 Å². The van der Waals surface area contributed by atoms with Crippen LogP contribution in [0.4, 0.5) is 0 Å². The van der Waals surface area contributed by atoms with Gasteiger partial charge in [-0.2, -0.15) is 5.26 Å². The molecular formula is C13H17NO3. The van der Waals surface area contributed by atoms with E-state index in [1.165, 1.54) is 12.0 Å². The molecule has 0 heterocycles. The normalized spacial score (nSPS) is 16.8. The Labute approximate surface area is 102 Å². The lowest BCUT2D eigenvalue weighted by Crippen LogP contribution is -2.10. The van der Waals surface area contributed by atoms with Gasteiger partial charge in [0.2, 0.25) is 0 Å². The van der Waals surface area contributed by atoms with E-state index in [4.69, 9.17) is 14.7 Å². The number of ether oxygens (including phenoxy) is 2. The predicted octanol–water partition coefficient (Wildman–Crippen LogP) is 2.13. The number of allylic oxidation sites excluding steroid dienone is 3. The Morgan fingerprint density at radius 1 is 1.53 bits per heavy atom. The van der Waals surface area contributed by atoms with Crippen LogP contribution in [0.3, 0.4) is 0 Å². The zero-order chi connectivity index (χ0) is 12.3. The van der Waals surface area contributed by atoms with Gasteiger partial charge in [0.25, 0.3) is 0 Å². The van der Waals surface area contributed by atoms with Crippen LogP contribution in [0.15, 0.2) is 23.8 Å². The molecule has 0 aliphatic heterocycles. The highest BCUT2D eigenvalue weighted by Gasteiger charge is 2.00. The van der Waals surface area contributed by atoms with Crippen molar-refractivity contribution < 1.29 is 14.3 Å². The van der Waals surface area contributed by atoms with Crippen LogP contribution in [0.5, 0.6) is 0 Å². The zero-order valence-corrected chi connectivity index (χ0v) is 9.85. The first kappa shape index (κ1) is 13.5. The summed E-state index contributed by atoms with van der Waals surface area (Å²) in [7, 11) is 0. The minimum Gasteiger partial charge on any atom is -0.462 e. The highest BCUT2D eigenvalue weighted by atomic mass is 16.6. The van der Waals surface area contributed by atoms with E-state index < -0.39 is 5.97 Å². The van der Waals surface area contributed by atoms with Crippen LogP contribution >= 0.6 is 0 Å². The molecule has 0 aromatic heterocycles.